The highest BCUT2D eigenvalue weighted by molar-refractivity contribution is 5.31. The van der Waals surface area contributed by atoms with E-state index < -0.39 is 0 Å². The van der Waals surface area contributed by atoms with Crippen molar-refractivity contribution in [2.45, 2.75) is 38.0 Å². The van der Waals surface area contributed by atoms with Crippen LogP contribution in [0, 0.1) is 0 Å². The van der Waals surface area contributed by atoms with Gasteiger partial charge in [0.05, 0.1) is 25.9 Å². The lowest BCUT2D eigenvalue weighted by Crippen LogP contribution is -2.50. The smallest absolute Gasteiger partial charge is 0.119 e. The fourth-order valence-electron chi connectivity index (χ4n) is 3.56. The van der Waals surface area contributed by atoms with Crippen LogP contribution in [0.25, 0.3) is 0 Å². The Hall–Kier alpha value is -1.10. The largest absolute Gasteiger partial charge is 0.497 e. The summed E-state index contributed by atoms with van der Waals surface area (Å²) in [6, 6.07) is 9.20. The molecule has 3 atom stereocenters. The molecule has 0 bridgehead atoms. The Morgan fingerprint density at radius 1 is 1.48 bits per heavy atom. The lowest BCUT2D eigenvalue weighted by Gasteiger charge is -2.39. The van der Waals surface area contributed by atoms with E-state index in [0.29, 0.717) is 6.04 Å². The Balaban J connectivity index is 1.77. The quantitative estimate of drug-likeness (QED) is 0.901. The maximum absolute atomic E-state index is 6.19. The van der Waals surface area contributed by atoms with Crippen molar-refractivity contribution in [1.82, 2.24) is 10.2 Å². The van der Waals surface area contributed by atoms with Gasteiger partial charge in [-0.15, -0.1) is 0 Å². The molecule has 2 aliphatic heterocycles. The third-order valence-corrected chi connectivity index (χ3v) is 4.66. The Morgan fingerprint density at radius 3 is 3.19 bits per heavy atom. The van der Waals surface area contributed by atoms with Crippen molar-refractivity contribution in [3.8, 4) is 5.75 Å². The number of hydrogen-bond acceptors (Lipinski definition) is 4. The fourth-order valence-corrected chi connectivity index (χ4v) is 3.56. The summed E-state index contributed by atoms with van der Waals surface area (Å²) in [6.07, 6.45) is 2.81. The summed E-state index contributed by atoms with van der Waals surface area (Å²) in [7, 11) is 1.72. The molecule has 0 saturated carbocycles. The van der Waals surface area contributed by atoms with Crippen LogP contribution in [-0.4, -0.2) is 50.4 Å². The fraction of sp³-hybridized carbons (Fsp3) is 0.647. The van der Waals surface area contributed by atoms with Crippen LogP contribution >= 0.6 is 0 Å². The number of benzene rings is 1. The number of morpholine rings is 1. The van der Waals surface area contributed by atoms with Gasteiger partial charge in [-0.3, -0.25) is 4.90 Å². The standard InChI is InChI=1S/C17H26N2O2/c1-3-18-17(13-6-4-8-15(10-13)20-2)16-11-19-9-5-7-14(19)12-21-16/h4,6,8,10,14,16-18H,3,5,7,9,11-12H2,1-2H3. The second-order valence-electron chi connectivity index (χ2n) is 5.97. The minimum absolute atomic E-state index is 0.214. The van der Waals surface area contributed by atoms with Crippen LogP contribution in [0.1, 0.15) is 31.4 Å². The normalized spacial score (nSPS) is 27.3. The molecule has 2 heterocycles. The zero-order valence-corrected chi connectivity index (χ0v) is 13.0. The summed E-state index contributed by atoms with van der Waals surface area (Å²) in [4.78, 5) is 2.60. The molecule has 2 saturated heterocycles. The van der Waals surface area contributed by atoms with E-state index in [1.54, 1.807) is 7.11 Å². The average Bonchev–Trinajstić information content (AvgIpc) is 3.00. The predicted molar refractivity (Wildman–Crippen MR) is 83.7 cm³/mol. The lowest BCUT2D eigenvalue weighted by molar-refractivity contribution is -0.0650. The van der Waals surface area contributed by atoms with Crippen molar-refractivity contribution < 1.29 is 9.47 Å². The topological polar surface area (TPSA) is 33.7 Å². The first-order valence-corrected chi connectivity index (χ1v) is 8.04. The van der Waals surface area contributed by atoms with Crippen LogP contribution < -0.4 is 10.1 Å². The Bertz CT molecular complexity index is 466. The first-order valence-electron chi connectivity index (χ1n) is 8.04. The van der Waals surface area contributed by atoms with Crippen molar-refractivity contribution in [2.24, 2.45) is 0 Å². The predicted octanol–water partition coefficient (Wildman–Crippen LogP) is 2.21. The van der Waals surface area contributed by atoms with Gasteiger partial charge in [0, 0.05) is 12.6 Å². The van der Waals surface area contributed by atoms with E-state index in [1.807, 2.05) is 6.07 Å². The van der Waals surface area contributed by atoms with E-state index >= 15 is 0 Å². The maximum Gasteiger partial charge on any atom is 0.119 e. The molecule has 2 aliphatic rings. The molecule has 0 amide bonds. The van der Waals surface area contributed by atoms with Crippen LogP contribution in [-0.2, 0) is 4.74 Å². The van der Waals surface area contributed by atoms with Gasteiger partial charge in [-0.2, -0.15) is 0 Å². The van der Waals surface area contributed by atoms with E-state index in [-0.39, 0.29) is 12.1 Å². The van der Waals surface area contributed by atoms with Gasteiger partial charge < -0.3 is 14.8 Å². The molecule has 116 valence electrons. The van der Waals surface area contributed by atoms with Crippen molar-refractivity contribution in [3.05, 3.63) is 29.8 Å². The van der Waals surface area contributed by atoms with E-state index in [2.05, 4.69) is 35.3 Å². The SMILES string of the molecule is CCNC(c1cccc(OC)c1)C1CN2CCCC2CO1. The summed E-state index contributed by atoms with van der Waals surface area (Å²) >= 11 is 0. The van der Waals surface area contributed by atoms with E-state index in [4.69, 9.17) is 9.47 Å². The minimum atomic E-state index is 0.214. The Kier molecular flexibility index (Phi) is 4.78. The van der Waals surface area contributed by atoms with Gasteiger partial charge in [-0.05, 0) is 43.6 Å². The summed E-state index contributed by atoms with van der Waals surface area (Å²) in [5.41, 5.74) is 1.25. The summed E-state index contributed by atoms with van der Waals surface area (Å²) in [5, 5.41) is 3.59. The zero-order chi connectivity index (χ0) is 14.7. The van der Waals surface area contributed by atoms with Gasteiger partial charge in [0.1, 0.15) is 5.75 Å². The first kappa shape index (κ1) is 14.8. The molecular formula is C17H26N2O2. The molecule has 0 aliphatic carbocycles. The molecule has 4 heteroatoms. The van der Waals surface area contributed by atoms with E-state index in [0.717, 1.165) is 25.4 Å². The van der Waals surface area contributed by atoms with E-state index in [1.165, 1.54) is 24.9 Å². The number of fused-ring (bicyclic) bond motifs is 1. The van der Waals surface area contributed by atoms with E-state index in [9.17, 15) is 0 Å². The molecule has 3 rings (SSSR count). The molecule has 4 nitrogen and oxygen atoms in total. The van der Waals surface area contributed by atoms with Gasteiger partial charge in [0.15, 0.2) is 0 Å². The summed E-state index contributed by atoms with van der Waals surface area (Å²) in [5.74, 6) is 0.908. The highest BCUT2D eigenvalue weighted by atomic mass is 16.5. The molecule has 1 aromatic rings. The van der Waals surface area contributed by atoms with Gasteiger partial charge >= 0.3 is 0 Å². The number of likely N-dealkylation sites (N-methyl/N-ethyl adjacent to an activating group) is 1. The third-order valence-electron chi connectivity index (χ3n) is 4.66. The second kappa shape index (κ2) is 6.77. The molecule has 0 spiro atoms. The molecule has 0 radical (unpaired) electrons. The summed E-state index contributed by atoms with van der Waals surface area (Å²) in [6.45, 7) is 6.21. The number of hydrogen-bond donors (Lipinski definition) is 1. The van der Waals surface area contributed by atoms with Crippen LogP contribution in [0.3, 0.4) is 0 Å². The lowest BCUT2D eigenvalue weighted by atomic mass is 9.99. The molecule has 0 aromatic heterocycles. The molecule has 3 unspecified atom stereocenters. The Morgan fingerprint density at radius 2 is 2.38 bits per heavy atom. The van der Waals surface area contributed by atoms with Crippen LogP contribution in [0.15, 0.2) is 24.3 Å². The molecule has 1 N–H and O–H groups in total. The molecule has 1 aromatic carbocycles. The second-order valence-corrected chi connectivity index (χ2v) is 5.97. The van der Waals surface area contributed by atoms with Gasteiger partial charge in [-0.1, -0.05) is 19.1 Å². The Labute approximate surface area is 127 Å². The van der Waals surface area contributed by atoms with Crippen molar-refractivity contribution >= 4 is 0 Å². The maximum atomic E-state index is 6.19. The number of rotatable bonds is 5. The molecule has 2 fully saturated rings. The van der Waals surface area contributed by atoms with Crippen molar-refractivity contribution in [1.29, 1.82) is 0 Å². The zero-order valence-electron chi connectivity index (χ0n) is 13.0. The number of nitrogens with one attached hydrogen (secondary N) is 1. The average molecular weight is 290 g/mol. The summed E-state index contributed by atoms with van der Waals surface area (Å²) < 4.78 is 11.6. The van der Waals surface area contributed by atoms with Gasteiger partial charge in [0.25, 0.3) is 0 Å². The highest BCUT2D eigenvalue weighted by Crippen LogP contribution is 2.30. The monoisotopic (exact) mass is 290 g/mol. The third kappa shape index (κ3) is 3.23. The van der Waals surface area contributed by atoms with Crippen LogP contribution in [0.5, 0.6) is 5.75 Å². The van der Waals surface area contributed by atoms with Crippen molar-refractivity contribution in [2.75, 3.05) is 33.4 Å². The first-order chi connectivity index (χ1) is 10.3. The van der Waals surface area contributed by atoms with Crippen LogP contribution in [0.2, 0.25) is 0 Å². The molecule has 21 heavy (non-hydrogen) atoms. The van der Waals surface area contributed by atoms with Gasteiger partial charge in [0.2, 0.25) is 0 Å². The number of ether oxygens (including phenoxy) is 2. The minimum Gasteiger partial charge on any atom is -0.497 e. The highest BCUT2D eigenvalue weighted by Gasteiger charge is 2.36. The number of nitrogens with zero attached hydrogens (tertiary/aromatic N) is 1. The number of methoxy groups -OCH3 is 1. The van der Waals surface area contributed by atoms with Gasteiger partial charge in [-0.25, -0.2) is 0 Å². The van der Waals surface area contributed by atoms with Crippen molar-refractivity contribution in [3.63, 3.8) is 0 Å². The van der Waals surface area contributed by atoms with Crippen LogP contribution in [0.4, 0.5) is 0 Å². The molecular weight excluding hydrogens is 264 g/mol.